The molecule has 0 N–H and O–H groups in total. The molecule has 170 valence electrons. The molecule has 3 aromatic rings. The number of carbonyl (C=O) groups excluding carboxylic acids is 2. The van der Waals surface area contributed by atoms with Crippen molar-refractivity contribution >= 4 is 23.5 Å². The summed E-state index contributed by atoms with van der Waals surface area (Å²) in [6, 6.07) is 14.9. The quantitative estimate of drug-likeness (QED) is 0.287. The Kier molecular flexibility index (Phi) is 7.00. The third-order valence-corrected chi connectivity index (χ3v) is 5.29. The average molecular weight is 449 g/mol. The average Bonchev–Trinajstić information content (AvgIpc) is 3.32. The zero-order valence-electron chi connectivity index (χ0n) is 18.3. The Labute approximate surface area is 191 Å². The number of hydrogen-bond donors (Lipinski definition) is 0. The molecule has 0 amide bonds. The zero-order valence-corrected chi connectivity index (χ0v) is 18.3. The molecule has 1 saturated heterocycles. The van der Waals surface area contributed by atoms with Gasteiger partial charge in [0.1, 0.15) is 17.3 Å². The Bertz CT molecular complexity index is 1160. The Morgan fingerprint density at radius 2 is 1.76 bits per heavy atom. The number of anilines is 1. The molecule has 0 atom stereocenters. The molecular formula is C26H24FNO5. The lowest BCUT2D eigenvalue weighted by Crippen LogP contribution is -2.36. The number of ketones is 1. The number of esters is 1. The van der Waals surface area contributed by atoms with Crippen LogP contribution in [0, 0.1) is 5.82 Å². The van der Waals surface area contributed by atoms with Gasteiger partial charge < -0.3 is 18.8 Å². The van der Waals surface area contributed by atoms with Crippen molar-refractivity contribution in [2.24, 2.45) is 0 Å². The summed E-state index contributed by atoms with van der Waals surface area (Å²) in [7, 11) is 0. The van der Waals surface area contributed by atoms with Crippen LogP contribution >= 0.6 is 0 Å². The molecule has 4 rings (SSSR count). The van der Waals surface area contributed by atoms with Gasteiger partial charge in [0.15, 0.2) is 5.78 Å². The summed E-state index contributed by atoms with van der Waals surface area (Å²) in [6.45, 7) is 4.43. The van der Waals surface area contributed by atoms with Gasteiger partial charge in [-0.2, -0.15) is 0 Å². The second-order valence-corrected chi connectivity index (χ2v) is 7.46. The highest BCUT2D eigenvalue weighted by Crippen LogP contribution is 2.25. The van der Waals surface area contributed by atoms with E-state index in [-0.39, 0.29) is 17.3 Å². The minimum absolute atomic E-state index is 0.266. The number of benzene rings is 2. The fourth-order valence-electron chi connectivity index (χ4n) is 3.56. The zero-order chi connectivity index (χ0) is 23.2. The van der Waals surface area contributed by atoms with Crippen molar-refractivity contribution < 1.29 is 27.9 Å². The van der Waals surface area contributed by atoms with Crippen LogP contribution in [0.15, 0.2) is 65.1 Å². The Morgan fingerprint density at radius 1 is 1.03 bits per heavy atom. The lowest BCUT2D eigenvalue weighted by Gasteiger charge is -2.29. The second-order valence-electron chi connectivity index (χ2n) is 7.46. The van der Waals surface area contributed by atoms with Gasteiger partial charge in [0.25, 0.3) is 0 Å². The highest BCUT2D eigenvalue weighted by molar-refractivity contribution is 6.06. The van der Waals surface area contributed by atoms with E-state index in [4.69, 9.17) is 13.9 Å². The first-order valence-corrected chi connectivity index (χ1v) is 10.8. The molecule has 1 aliphatic heterocycles. The van der Waals surface area contributed by atoms with Crippen LogP contribution < -0.4 is 4.90 Å². The Hall–Kier alpha value is -3.71. The number of rotatable bonds is 7. The number of allylic oxidation sites excluding steroid dienone is 1. The van der Waals surface area contributed by atoms with Gasteiger partial charge in [0.2, 0.25) is 0 Å². The van der Waals surface area contributed by atoms with Crippen LogP contribution in [0.4, 0.5) is 10.1 Å². The molecule has 0 aliphatic carbocycles. The van der Waals surface area contributed by atoms with E-state index in [1.807, 2.05) is 4.90 Å². The summed E-state index contributed by atoms with van der Waals surface area (Å²) >= 11 is 0. The molecule has 33 heavy (non-hydrogen) atoms. The van der Waals surface area contributed by atoms with Gasteiger partial charge in [-0.15, -0.1) is 0 Å². The van der Waals surface area contributed by atoms with Gasteiger partial charge in [-0.25, -0.2) is 9.18 Å². The summed E-state index contributed by atoms with van der Waals surface area (Å²) in [5.41, 5.74) is 1.99. The van der Waals surface area contributed by atoms with E-state index in [0.717, 1.165) is 5.56 Å². The molecule has 6 nitrogen and oxygen atoms in total. The van der Waals surface area contributed by atoms with Crippen molar-refractivity contribution in [1.29, 1.82) is 0 Å². The van der Waals surface area contributed by atoms with Crippen LogP contribution in [0.2, 0.25) is 0 Å². The molecule has 0 bridgehead atoms. The lowest BCUT2D eigenvalue weighted by atomic mass is 10.1. The third-order valence-electron chi connectivity index (χ3n) is 5.29. The first-order chi connectivity index (χ1) is 16.0. The number of halogens is 1. The summed E-state index contributed by atoms with van der Waals surface area (Å²) in [5.74, 6) is -0.0430. The van der Waals surface area contributed by atoms with Gasteiger partial charge in [-0.1, -0.05) is 12.1 Å². The van der Waals surface area contributed by atoms with E-state index in [9.17, 15) is 14.0 Å². The van der Waals surface area contributed by atoms with Gasteiger partial charge in [0, 0.05) is 24.2 Å². The van der Waals surface area contributed by atoms with Crippen LogP contribution in [-0.4, -0.2) is 44.7 Å². The minimum atomic E-state index is -0.428. The van der Waals surface area contributed by atoms with Gasteiger partial charge >= 0.3 is 5.97 Å². The summed E-state index contributed by atoms with van der Waals surface area (Å²) in [4.78, 5) is 26.2. The van der Waals surface area contributed by atoms with Crippen molar-refractivity contribution in [3.05, 3.63) is 83.4 Å². The maximum atomic E-state index is 14.6. The molecule has 1 fully saturated rings. The first kappa shape index (κ1) is 22.5. The van der Waals surface area contributed by atoms with Crippen LogP contribution in [0.3, 0.4) is 0 Å². The maximum absolute atomic E-state index is 14.6. The van der Waals surface area contributed by atoms with Crippen molar-refractivity contribution in [2.75, 3.05) is 37.8 Å². The van der Waals surface area contributed by atoms with E-state index in [1.165, 1.54) is 12.1 Å². The van der Waals surface area contributed by atoms with Crippen molar-refractivity contribution in [3.63, 3.8) is 0 Å². The van der Waals surface area contributed by atoms with E-state index in [0.29, 0.717) is 55.7 Å². The number of furan rings is 1. The largest absolute Gasteiger partial charge is 0.462 e. The van der Waals surface area contributed by atoms with Crippen LogP contribution in [0.25, 0.3) is 17.4 Å². The van der Waals surface area contributed by atoms with E-state index in [1.54, 1.807) is 61.5 Å². The number of morpholine rings is 1. The normalized spacial score (nSPS) is 13.9. The molecule has 2 heterocycles. The summed E-state index contributed by atoms with van der Waals surface area (Å²) < 4.78 is 30.6. The van der Waals surface area contributed by atoms with Crippen molar-refractivity contribution in [3.8, 4) is 11.3 Å². The van der Waals surface area contributed by atoms with Crippen LogP contribution in [0.1, 0.15) is 33.4 Å². The number of hydrogen-bond acceptors (Lipinski definition) is 6. The summed E-state index contributed by atoms with van der Waals surface area (Å²) in [6.07, 6.45) is 2.91. The predicted octanol–water partition coefficient (Wildman–Crippen LogP) is 5.00. The van der Waals surface area contributed by atoms with Gasteiger partial charge in [0.05, 0.1) is 31.1 Å². The predicted molar refractivity (Wildman–Crippen MR) is 123 cm³/mol. The molecule has 7 heteroatoms. The topological polar surface area (TPSA) is 69.0 Å². The molecular weight excluding hydrogens is 425 g/mol. The van der Waals surface area contributed by atoms with Crippen LogP contribution in [0.5, 0.6) is 0 Å². The van der Waals surface area contributed by atoms with Crippen LogP contribution in [-0.2, 0) is 9.47 Å². The smallest absolute Gasteiger partial charge is 0.338 e. The van der Waals surface area contributed by atoms with Crippen molar-refractivity contribution in [2.45, 2.75) is 6.92 Å². The molecule has 0 radical (unpaired) electrons. The lowest BCUT2D eigenvalue weighted by molar-refractivity contribution is 0.0526. The highest BCUT2D eigenvalue weighted by Gasteiger charge is 2.16. The number of nitrogens with zero attached hydrogens (tertiary/aromatic N) is 1. The number of carbonyl (C=O) groups is 2. The SMILES string of the molecule is CCOC(=O)c1ccc(-c2ccc(/C=C\C(=O)c3ccc(N4CCOCC4)c(F)c3)o2)cc1. The monoisotopic (exact) mass is 449 g/mol. The molecule has 2 aromatic carbocycles. The fraction of sp³-hybridized carbons (Fsp3) is 0.231. The Morgan fingerprint density at radius 3 is 2.45 bits per heavy atom. The van der Waals surface area contributed by atoms with Gasteiger partial charge in [-0.3, -0.25) is 4.79 Å². The first-order valence-electron chi connectivity index (χ1n) is 10.8. The second kappa shape index (κ2) is 10.3. The standard InChI is InChI=1S/C26H24FNO5/c1-2-32-26(30)19-5-3-18(4-6-19)25-12-9-21(33-25)8-11-24(29)20-7-10-23(22(27)17-20)28-13-15-31-16-14-28/h3-12,17H,2,13-16H2,1H3/b11-8-. The number of ether oxygens (including phenoxy) is 2. The van der Waals surface area contributed by atoms with E-state index < -0.39 is 5.82 Å². The Balaban J connectivity index is 1.42. The van der Waals surface area contributed by atoms with E-state index >= 15 is 0 Å². The highest BCUT2D eigenvalue weighted by atomic mass is 19.1. The molecule has 0 spiro atoms. The molecule has 0 unspecified atom stereocenters. The fourth-order valence-corrected chi connectivity index (χ4v) is 3.56. The summed E-state index contributed by atoms with van der Waals surface area (Å²) in [5, 5.41) is 0. The minimum Gasteiger partial charge on any atom is -0.462 e. The maximum Gasteiger partial charge on any atom is 0.338 e. The molecule has 0 saturated carbocycles. The molecule has 1 aliphatic rings. The van der Waals surface area contributed by atoms with Gasteiger partial charge in [-0.05, 0) is 61.5 Å². The van der Waals surface area contributed by atoms with E-state index in [2.05, 4.69) is 0 Å². The third kappa shape index (κ3) is 5.38. The molecule has 1 aromatic heterocycles. The van der Waals surface area contributed by atoms with Crippen molar-refractivity contribution in [1.82, 2.24) is 0 Å².